The van der Waals surface area contributed by atoms with Gasteiger partial charge in [-0.2, -0.15) is 0 Å². The second-order valence-corrected chi connectivity index (χ2v) is 15.5. The molecule has 1 saturated carbocycles. The maximum absolute atomic E-state index is 6.61. The monoisotopic (exact) mass is 318 g/mol. The fourth-order valence-electron chi connectivity index (χ4n) is 3.00. The fourth-order valence-corrected chi connectivity index (χ4v) is 13.9. The van der Waals surface area contributed by atoms with E-state index in [9.17, 15) is 0 Å². The zero-order valence-corrected chi connectivity index (χ0v) is 17.0. The first-order valence-electron chi connectivity index (χ1n) is 8.55. The van der Waals surface area contributed by atoms with Crippen molar-refractivity contribution in [2.45, 2.75) is 89.5 Å². The Bertz CT molecular complexity index is 201. The summed E-state index contributed by atoms with van der Waals surface area (Å²) in [6.07, 6.45) is 7.04. The van der Waals surface area contributed by atoms with E-state index in [0.29, 0.717) is 0 Å². The molecule has 114 valence electrons. The van der Waals surface area contributed by atoms with E-state index in [-0.39, 0.29) is 0 Å². The highest BCUT2D eigenvalue weighted by Gasteiger charge is 2.31. The average Bonchev–Trinajstić information content (AvgIpc) is 2.48. The Kier molecular flexibility index (Phi) is 9.57. The van der Waals surface area contributed by atoms with Crippen molar-refractivity contribution in [2.24, 2.45) is 0 Å². The summed E-state index contributed by atoms with van der Waals surface area (Å²) in [4.78, 5) is 0. The Morgan fingerprint density at radius 2 is 1.16 bits per heavy atom. The molecule has 0 unspecified atom stereocenters. The molecule has 0 spiro atoms. The van der Waals surface area contributed by atoms with Crippen LogP contribution >= 0.6 is 0 Å². The molecule has 0 heterocycles. The molecule has 19 heavy (non-hydrogen) atoms. The molecule has 5 heteroatoms. The Morgan fingerprint density at radius 3 is 1.53 bits per heavy atom. The second-order valence-electron chi connectivity index (χ2n) is 5.92. The molecule has 0 aliphatic heterocycles. The predicted octanol–water partition coefficient (Wildman–Crippen LogP) is 4.10. The van der Waals surface area contributed by atoms with Crippen molar-refractivity contribution in [3.63, 3.8) is 0 Å². The van der Waals surface area contributed by atoms with Gasteiger partial charge < -0.3 is 8.23 Å². The minimum atomic E-state index is -1.38. The molecule has 0 aromatic carbocycles. The van der Waals surface area contributed by atoms with Crippen LogP contribution in [0.2, 0.25) is 29.7 Å². The maximum atomic E-state index is 6.61. The molecule has 2 nitrogen and oxygen atoms in total. The molecule has 0 bridgehead atoms. The molecule has 0 N–H and O–H groups in total. The third kappa shape index (κ3) is 6.25. The van der Waals surface area contributed by atoms with E-state index in [4.69, 9.17) is 8.23 Å². The highest BCUT2D eigenvalue weighted by atomic mass is 28.4. The minimum absolute atomic E-state index is 0.829. The lowest BCUT2D eigenvalue weighted by molar-refractivity contribution is 0.369. The maximum Gasteiger partial charge on any atom is 0.303 e. The molecule has 1 rings (SSSR count). The molecule has 0 amide bonds. The molecule has 0 radical (unpaired) electrons. The summed E-state index contributed by atoms with van der Waals surface area (Å²) < 4.78 is 13.2. The highest BCUT2D eigenvalue weighted by molar-refractivity contribution is 6.69. The van der Waals surface area contributed by atoms with Crippen LogP contribution in [0.5, 0.6) is 0 Å². The van der Waals surface area contributed by atoms with Crippen LogP contribution < -0.4 is 0 Å². The van der Waals surface area contributed by atoms with Crippen molar-refractivity contribution in [2.75, 3.05) is 0 Å². The lowest BCUT2D eigenvalue weighted by atomic mass is 10.0. The number of hydrogen-bond acceptors (Lipinski definition) is 2. The summed E-state index contributed by atoms with van der Waals surface area (Å²) in [6.45, 7) is 9.23. The topological polar surface area (TPSA) is 18.5 Å². The van der Waals surface area contributed by atoms with E-state index >= 15 is 0 Å². The Hall–Kier alpha value is 0.571. The molecule has 0 saturated heterocycles. The predicted molar refractivity (Wildman–Crippen MR) is 92.4 cm³/mol. The SMILES string of the molecule is CC[SiH](CC)O[SiH](O[SiH](CC)CC)C1CCCCC1. The van der Waals surface area contributed by atoms with Crippen molar-refractivity contribution < 1.29 is 8.23 Å². The molecule has 1 aliphatic rings. The third-order valence-corrected chi connectivity index (χ3v) is 14.8. The molecule has 1 fully saturated rings. The van der Waals surface area contributed by atoms with Gasteiger partial charge in [-0.05, 0) is 42.6 Å². The summed E-state index contributed by atoms with van der Waals surface area (Å²) in [6, 6.07) is 5.11. The van der Waals surface area contributed by atoms with E-state index in [0.717, 1.165) is 5.54 Å². The van der Waals surface area contributed by atoms with E-state index in [1.165, 1.54) is 56.3 Å². The van der Waals surface area contributed by atoms with Crippen LogP contribution in [0.1, 0.15) is 59.8 Å². The fraction of sp³-hybridized carbons (Fsp3) is 1.00. The first kappa shape index (κ1) is 17.6. The third-order valence-electron chi connectivity index (χ3n) is 4.51. The van der Waals surface area contributed by atoms with Crippen molar-refractivity contribution in [3.8, 4) is 0 Å². The van der Waals surface area contributed by atoms with Crippen LogP contribution in [-0.4, -0.2) is 27.4 Å². The second kappa shape index (κ2) is 10.3. The van der Waals surface area contributed by atoms with Gasteiger partial charge in [-0.1, -0.05) is 47.0 Å². The quantitative estimate of drug-likeness (QED) is 0.596. The Labute approximate surface area is 125 Å². The summed E-state index contributed by atoms with van der Waals surface area (Å²) >= 11 is 0. The van der Waals surface area contributed by atoms with Crippen molar-refractivity contribution in [1.29, 1.82) is 0 Å². The lowest BCUT2D eigenvalue weighted by Crippen LogP contribution is -2.40. The van der Waals surface area contributed by atoms with Gasteiger partial charge in [0.25, 0.3) is 0 Å². The van der Waals surface area contributed by atoms with Gasteiger partial charge in [0.05, 0.1) is 0 Å². The molecule has 1 aliphatic carbocycles. The van der Waals surface area contributed by atoms with Crippen LogP contribution in [0.4, 0.5) is 0 Å². The number of hydrogen-bond donors (Lipinski definition) is 0. The smallest absolute Gasteiger partial charge is 0.303 e. The Morgan fingerprint density at radius 1 is 0.737 bits per heavy atom. The zero-order chi connectivity index (χ0) is 14.1. The van der Waals surface area contributed by atoms with Gasteiger partial charge in [-0.3, -0.25) is 0 Å². The molecule has 0 atom stereocenters. The van der Waals surface area contributed by atoms with E-state index in [1.54, 1.807) is 0 Å². The lowest BCUT2D eigenvalue weighted by Gasteiger charge is -2.33. The first-order chi connectivity index (χ1) is 9.24. The van der Waals surface area contributed by atoms with Gasteiger partial charge in [0.1, 0.15) is 0 Å². The summed E-state index contributed by atoms with van der Waals surface area (Å²) in [7, 11) is -3.26. The largest absolute Gasteiger partial charge is 0.441 e. The van der Waals surface area contributed by atoms with Crippen LogP contribution in [-0.2, 0) is 8.23 Å². The highest BCUT2D eigenvalue weighted by Crippen LogP contribution is 2.33. The van der Waals surface area contributed by atoms with Gasteiger partial charge >= 0.3 is 9.28 Å². The molecular weight excluding hydrogens is 284 g/mol. The standard InChI is InChI=1S/C14H34O2Si3/c1-5-17(6-2)15-19(16-18(7-3)8-4)14-12-10-9-11-13-14/h14,17-19H,5-13H2,1-4H3. The zero-order valence-electron chi connectivity index (χ0n) is 13.5. The summed E-state index contributed by atoms with van der Waals surface area (Å²) in [5.41, 5.74) is 0.829. The molecule has 0 aromatic rings. The van der Waals surface area contributed by atoms with Crippen LogP contribution in [0.25, 0.3) is 0 Å². The van der Waals surface area contributed by atoms with E-state index < -0.39 is 27.4 Å². The van der Waals surface area contributed by atoms with E-state index in [1.807, 2.05) is 0 Å². The average molecular weight is 319 g/mol. The molecular formula is C14H34O2Si3. The summed E-state index contributed by atoms with van der Waals surface area (Å²) in [5.74, 6) is 0. The normalized spacial score (nSPS) is 17.8. The van der Waals surface area contributed by atoms with Gasteiger partial charge in [0, 0.05) is 0 Å². The number of rotatable bonds is 9. The molecule has 0 aromatic heterocycles. The van der Waals surface area contributed by atoms with Crippen LogP contribution in [0, 0.1) is 0 Å². The van der Waals surface area contributed by atoms with Crippen molar-refractivity contribution in [1.82, 2.24) is 0 Å². The summed E-state index contributed by atoms with van der Waals surface area (Å²) in [5, 5.41) is 0. The van der Waals surface area contributed by atoms with E-state index in [2.05, 4.69) is 27.7 Å². The van der Waals surface area contributed by atoms with Gasteiger partial charge in [-0.25, -0.2) is 0 Å². The van der Waals surface area contributed by atoms with Gasteiger partial charge in [-0.15, -0.1) is 0 Å². The van der Waals surface area contributed by atoms with Crippen LogP contribution in [0.3, 0.4) is 0 Å². The van der Waals surface area contributed by atoms with Crippen LogP contribution in [0.15, 0.2) is 0 Å². The van der Waals surface area contributed by atoms with Gasteiger partial charge in [0.15, 0.2) is 18.1 Å². The van der Waals surface area contributed by atoms with Crippen molar-refractivity contribution in [3.05, 3.63) is 0 Å². The first-order valence-corrected chi connectivity index (χ1v) is 14.4. The minimum Gasteiger partial charge on any atom is -0.441 e. The van der Waals surface area contributed by atoms with Crippen molar-refractivity contribution >= 4 is 27.4 Å². The van der Waals surface area contributed by atoms with Gasteiger partial charge in [0.2, 0.25) is 0 Å². The Balaban J connectivity index is 2.59.